The van der Waals surface area contributed by atoms with Gasteiger partial charge in [0.05, 0.1) is 0 Å². The van der Waals surface area contributed by atoms with Gasteiger partial charge in [0.15, 0.2) is 0 Å². The lowest BCUT2D eigenvalue weighted by molar-refractivity contribution is 0.0494. The average Bonchev–Trinajstić information content (AvgIpc) is 2.47. The van der Waals surface area contributed by atoms with Gasteiger partial charge in [-0.25, -0.2) is 0 Å². The fourth-order valence-corrected chi connectivity index (χ4v) is 3.20. The number of halogens is 1. The van der Waals surface area contributed by atoms with Crippen LogP contribution in [-0.4, -0.2) is 29.6 Å². The highest BCUT2D eigenvalue weighted by Gasteiger charge is 2.36. The van der Waals surface area contributed by atoms with Gasteiger partial charge in [0, 0.05) is 35.7 Å². The molecule has 3 heteroatoms. The van der Waals surface area contributed by atoms with E-state index in [1.807, 2.05) is 12.1 Å². The van der Waals surface area contributed by atoms with Gasteiger partial charge >= 0.3 is 0 Å². The van der Waals surface area contributed by atoms with E-state index in [9.17, 15) is 0 Å². The quantitative estimate of drug-likeness (QED) is 0.893. The van der Waals surface area contributed by atoms with Gasteiger partial charge < -0.3 is 5.32 Å². The second kappa shape index (κ2) is 6.46. The maximum absolute atomic E-state index is 6.00. The highest BCUT2D eigenvalue weighted by atomic mass is 35.5. The second-order valence-corrected chi connectivity index (χ2v) is 6.69. The molecule has 0 amide bonds. The Bertz CT molecular complexity index is 431. The fourth-order valence-electron chi connectivity index (χ4n) is 3.07. The van der Waals surface area contributed by atoms with E-state index in [0.717, 1.165) is 24.5 Å². The summed E-state index contributed by atoms with van der Waals surface area (Å²) in [5.41, 5.74) is 1.58. The molecule has 0 spiro atoms. The van der Waals surface area contributed by atoms with Gasteiger partial charge in [-0.3, -0.25) is 4.90 Å². The van der Waals surface area contributed by atoms with E-state index in [1.165, 1.54) is 12.0 Å². The van der Waals surface area contributed by atoms with Crippen molar-refractivity contribution in [3.05, 3.63) is 34.9 Å². The molecule has 20 heavy (non-hydrogen) atoms. The highest BCUT2D eigenvalue weighted by molar-refractivity contribution is 6.30. The van der Waals surface area contributed by atoms with Gasteiger partial charge in [-0.05, 0) is 44.4 Å². The summed E-state index contributed by atoms with van der Waals surface area (Å²) in [4.78, 5) is 2.66. The molecule has 1 aromatic rings. The van der Waals surface area contributed by atoms with Crippen molar-refractivity contribution in [2.24, 2.45) is 0 Å². The van der Waals surface area contributed by atoms with Crippen LogP contribution in [0, 0.1) is 0 Å². The van der Waals surface area contributed by atoms with Gasteiger partial charge in [0.25, 0.3) is 0 Å². The van der Waals surface area contributed by atoms with Crippen molar-refractivity contribution in [2.75, 3.05) is 13.1 Å². The lowest BCUT2D eigenvalue weighted by Crippen LogP contribution is -2.62. The molecule has 3 unspecified atom stereocenters. The summed E-state index contributed by atoms with van der Waals surface area (Å²) >= 11 is 6.00. The molecular formula is C17H27ClN2. The van der Waals surface area contributed by atoms with Gasteiger partial charge in [0.2, 0.25) is 0 Å². The number of rotatable bonds is 4. The minimum absolute atomic E-state index is 0.229. The van der Waals surface area contributed by atoms with Gasteiger partial charge in [-0.1, -0.05) is 37.6 Å². The van der Waals surface area contributed by atoms with Crippen molar-refractivity contribution in [3.8, 4) is 0 Å². The number of hydrogen-bond acceptors (Lipinski definition) is 2. The molecule has 0 radical (unpaired) electrons. The van der Waals surface area contributed by atoms with Crippen LogP contribution in [0.15, 0.2) is 24.3 Å². The Balaban J connectivity index is 2.19. The molecule has 2 nitrogen and oxygen atoms in total. The monoisotopic (exact) mass is 294 g/mol. The fraction of sp³-hybridized carbons (Fsp3) is 0.647. The molecule has 0 saturated carbocycles. The molecule has 112 valence electrons. The predicted octanol–water partition coefficient (Wildman–Crippen LogP) is 4.25. The first kappa shape index (κ1) is 15.8. The third-order valence-electron chi connectivity index (χ3n) is 4.87. The Labute approximate surface area is 128 Å². The van der Waals surface area contributed by atoms with E-state index in [0.29, 0.717) is 12.1 Å². The number of piperazine rings is 1. The summed E-state index contributed by atoms with van der Waals surface area (Å²) in [6.45, 7) is 11.4. The van der Waals surface area contributed by atoms with Gasteiger partial charge in [-0.15, -0.1) is 0 Å². The van der Waals surface area contributed by atoms with Gasteiger partial charge in [0.1, 0.15) is 0 Å². The van der Waals surface area contributed by atoms with Crippen molar-refractivity contribution >= 4 is 11.6 Å². The first-order chi connectivity index (χ1) is 9.49. The molecule has 0 aliphatic carbocycles. The van der Waals surface area contributed by atoms with Crippen LogP contribution < -0.4 is 5.32 Å². The van der Waals surface area contributed by atoms with Crippen LogP contribution in [0.5, 0.6) is 0 Å². The van der Waals surface area contributed by atoms with E-state index in [2.05, 4.69) is 50.0 Å². The molecule has 1 saturated heterocycles. The van der Waals surface area contributed by atoms with Crippen LogP contribution >= 0.6 is 11.6 Å². The molecular weight excluding hydrogens is 268 g/mol. The minimum atomic E-state index is 0.229. The SMILES string of the molecule is CCC1CNC(C)(CC)CN1C(C)c1ccc(Cl)cc1. The summed E-state index contributed by atoms with van der Waals surface area (Å²) in [6.07, 6.45) is 2.35. The summed E-state index contributed by atoms with van der Waals surface area (Å²) in [7, 11) is 0. The number of benzene rings is 1. The van der Waals surface area contributed by atoms with Crippen LogP contribution in [0.1, 0.15) is 52.1 Å². The second-order valence-electron chi connectivity index (χ2n) is 6.26. The summed E-state index contributed by atoms with van der Waals surface area (Å²) in [5, 5.41) is 4.54. The third-order valence-corrected chi connectivity index (χ3v) is 5.12. The van der Waals surface area contributed by atoms with Crippen molar-refractivity contribution in [1.29, 1.82) is 0 Å². The molecule has 1 aliphatic rings. The molecule has 1 heterocycles. The Kier molecular flexibility index (Phi) is 5.11. The predicted molar refractivity (Wildman–Crippen MR) is 87.4 cm³/mol. The standard InChI is InChI=1S/C17H27ClN2/c1-5-16-11-19-17(4,6-2)12-20(16)13(3)14-7-9-15(18)10-8-14/h7-10,13,16,19H,5-6,11-12H2,1-4H3. The summed E-state index contributed by atoms with van der Waals surface area (Å²) < 4.78 is 0. The molecule has 0 aromatic heterocycles. The van der Waals surface area contributed by atoms with Crippen LogP contribution in [0.4, 0.5) is 0 Å². The average molecular weight is 295 g/mol. The van der Waals surface area contributed by atoms with Gasteiger partial charge in [-0.2, -0.15) is 0 Å². The highest BCUT2D eigenvalue weighted by Crippen LogP contribution is 2.30. The van der Waals surface area contributed by atoms with E-state index >= 15 is 0 Å². The Morgan fingerprint density at radius 1 is 1.35 bits per heavy atom. The van der Waals surface area contributed by atoms with E-state index in [4.69, 9.17) is 11.6 Å². The van der Waals surface area contributed by atoms with Crippen molar-refractivity contribution in [2.45, 2.75) is 58.2 Å². The molecule has 1 fully saturated rings. The molecule has 1 N–H and O–H groups in total. The zero-order valence-electron chi connectivity index (χ0n) is 13.1. The van der Waals surface area contributed by atoms with E-state index < -0.39 is 0 Å². The van der Waals surface area contributed by atoms with Crippen molar-refractivity contribution in [3.63, 3.8) is 0 Å². The zero-order chi connectivity index (χ0) is 14.8. The molecule has 3 atom stereocenters. The molecule has 1 aromatic carbocycles. The summed E-state index contributed by atoms with van der Waals surface area (Å²) in [6, 6.07) is 9.35. The maximum atomic E-state index is 6.00. The third kappa shape index (κ3) is 3.36. The molecule has 1 aliphatic heterocycles. The number of nitrogens with zero attached hydrogens (tertiary/aromatic N) is 1. The first-order valence-electron chi connectivity index (χ1n) is 7.75. The first-order valence-corrected chi connectivity index (χ1v) is 8.13. The van der Waals surface area contributed by atoms with E-state index in [-0.39, 0.29) is 5.54 Å². The van der Waals surface area contributed by atoms with Crippen LogP contribution in [0.3, 0.4) is 0 Å². The van der Waals surface area contributed by atoms with Crippen LogP contribution in [-0.2, 0) is 0 Å². The Morgan fingerprint density at radius 2 is 2.00 bits per heavy atom. The van der Waals surface area contributed by atoms with E-state index in [1.54, 1.807) is 0 Å². The van der Waals surface area contributed by atoms with Crippen molar-refractivity contribution < 1.29 is 0 Å². The number of hydrogen-bond donors (Lipinski definition) is 1. The lowest BCUT2D eigenvalue weighted by Gasteiger charge is -2.48. The Hall–Kier alpha value is -0.570. The summed E-state index contributed by atoms with van der Waals surface area (Å²) in [5.74, 6) is 0. The molecule has 0 bridgehead atoms. The van der Waals surface area contributed by atoms with Crippen LogP contribution in [0.25, 0.3) is 0 Å². The van der Waals surface area contributed by atoms with Crippen molar-refractivity contribution in [1.82, 2.24) is 10.2 Å². The molecule has 2 rings (SSSR count). The lowest BCUT2D eigenvalue weighted by atomic mass is 9.90. The van der Waals surface area contributed by atoms with Crippen LogP contribution in [0.2, 0.25) is 5.02 Å². The number of nitrogens with one attached hydrogen (secondary N) is 1. The largest absolute Gasteiger partial charge is 0.309 e. The smallest absolute Gasteiger partial charge is 0.0406 e. The maximum Gasteiger partial charge on any atom is 0.0406 e. The zero-order valence-corrected chi connectivity index (χ0v) is 13.9. The topological polar surface area (TPSA) is 15.3 Å². The Morgan fingerprint density at radius 3 is 2.55 bits per heavy atom. The normalized spacial score (nSPS) is 29.4. The minimum Gasteiger partial charge on any atom is -0.309 e.